The lowest BCUT2D eigenvalue weighted by molar-refractivity contribution is -0.143. The quantitative estimate of drug-likeness (QED) is 0.581. The van der Waals surface area contributed by atoms with Crippen LogP contribution in [0.3, 0.4) is 0 Å². The van der Waals surface area contributed by atoms with Gasteiger partial charge in [0.1, 0.15) is 0 Å². The van der Waals surface area contributed by atoms with Gasteiger partial charge in [0, 0.05) is 0 Å². The van der Waals surface area contributed by atoms with E-state index in [1.807, 2.05) is 6.07 Å². The van der Waals surface area contributed by atoms with E-state index in [2.05, 4.69) is 0 Å². The molecule has 90 valence electrons. The molecule has 0 aromatic heterocycles. The second-order valence-corrected chi connectivity index (χ2v) is 4.41. The molecule has 17 heavy (non-hydrogen) atoms. The number of hydrogen-bond acceptors (Lipinski definition) is 3. The molecule has 1 aliphatic rings. The summed E-state index contributed by atoms with van der Waals surface area (Å²) >= 11 is 0. The van der Waals surface area contributed by atoms with Crippen molar-refractivity contribution < 1.29 is 14.3 Å². The van der Waals surface area contributed by atoms with Gasteiger partial charge in [0.15, 0.2) is 0 Å². The minimum Gasteiger partial charge on any atom is -0.389 e. The van der Waals surface area contributed by atoms with Gasteiger partial charge < -0.3 is 4.74 Å². The Hall–Kier alpha value is -1.64. The van der Waals surface area contributed by atoms with Gasteiger partial charge in [-0.05, 0) is 25.0 Å². The first kappa shape index (κ1) is 11.8. The van der Waals surface area contributed by atoms with Gasteiger partial charge in [0.05, 0.1) is 11.5 Å². The van der Waals surface area contributed by atoms with Gasteiger partial charge >= 0.3 is 11.9 Å². The highest BCUT2D eigenvalue weighted by molar-refractivity contribution is 5.97. The Kier molecular flexibility index (Phi) is 3.91. The molecule has 0 spiro atoms. The fraction of sp³-hybridized carbons (Fsp3) is 0.429. The lowest BCUT2D eigenvalue weighted by Gasteiger charge is -2.19. The van der Waals surface area contributed by atoms with Crippen molar-refractivity contribution in [1.29, 1.82) is 0 Å². The van der Waals surface area contributed by atoms with Crippen LogP contribution in [0.15, 0.2) is 30.3 Å². The summed E-state index contributed by atoms with van der Waals surface area (Å²) in [6.07, 6.45) is 4.98. The van der Waals surface area contributed by atoms with E-state index in [-0.39, 0.29) is 11.9 Å². The molecule has 0 unspecified atom stereocenters. The predicted molar refractivity (Wildman–Crippen MR) is 63.4 cm³/mol. The number of esters is 2. The Morgan fingerprint density at radius 3 is 2.29 bits per heavy atom. The fourth-order valence-corrected chi connectivity index (χ4v) is 2.15. The Bertz CT molecular complexity index is 391. The van der Waals surface area contributed by atoms with E-state index in [9.17, 15) is 9.59 Å². The molecule has 0 amide bonds. The first-order valence-electron chi connectivity index (χ1n) is 6.08. The van der Waals surface area contributed by atoms with E-state index in [0.29, 0.717) is 5.56 Å². The third-order valence-electron chi connectivity index (χ3n) is 3.14. The average molecular weight is 232 g/mol. The lowest BCUT2D eigenvalue weighted by atomic mass is 9.89. The molecule has 3 heteroatoms. The van der Waals surface area contributed by atoms with Crippen LogP contribution in [0.5, 0.6) is 0 Å². The van der Waals surface area contributed by atoms with Crippen LogP contribution in [0.4, 0.5) is 0 Å². The molecule has 0 radical (unpaired) electrons. The van der Waals surface area contributed by atoms with Gasteiger partial charge in [0.25, 0.3) is 0 Å². The highest BCUT2D eigenvalue weighted by Crippen LogP contribution is 2.24. The van der Waals surface area contributed by atoms with Crippen LogP contribution in [0, 0.1) is 5.92 Å². The number of carbonyl (C=O) groups excluding carboxylic acids is 2. The molecule has 0 saturated heterocycles. The molecular formula is C14H16O3. The molecule has 1 fully saturated rings. The zero-order chi connectivity index (χ0) is 12.1. The van der Waals surface area contributed by atoms with Crippen molar-refractivity contribution in [2.75, 3.05) is 0 Å². The molecular weight excluding hydrogens is 216 g/mol. The third-order valence-corrected chi connectivity index (χ3v) is 3.14. The SMILES string of the molecule is O=C(OC(=O)C1CCCCC1)c1ccccc1. The van der Waals surface area contributed by atoms with Crippen molar-refractivity contribution in [3.8, 4) is 0 Å². The Balaban J connectivity index is 1.92. The maximum Gasteiger partial charge on any atom is 0.345 e. The van der Waals surface area contributed by atoms with Crippen molar-refractivity contribution in [1.82, 2.24) is 0 Å². The summed E-state index contributed by atoms with van der Waals surface area (Å²) in [4.78, 5) is 23.4. The summed E-state index contributed by atoms with van der Waals surface area (Å²) in [5, 5.41) is 0. The summed E-state index contributed by atoms with van der Waals surface area (Å²) in [6.45, 7) is 0. The summed E-state index contributed by atoms with van der Waals surface area (Å²) in [5.41, 5.74) is 0.427. The summed E-state index contributed by atoms with van der Waals surface area (Å²) in [5.74, 6) is -0.990. The van der Waals surface area contributed by atoms with Gasteiger partial charge in [-0.2, -0.15) is 0 Å². The minimum atomic E-state index is -0.541. The summed E-state index contributed by atoms with van der Waals surface area (Å²) in [7, 11) is 0. The van der Waals surface area contributed by atoms with Crippen molar-refractivity contribution in [2.45, 2.75) is 32.1 Å². The largest absolute Gasteiger partial charge is 0.389 e. The second-order valence-electron chi connectivity index (χ2n) is 4.41. The predicted octanol–water partition coefficient (Wildman–Crippen LogP) is 2.95. The molecule has 0 atom stereocenters. The Morgan fingerprint density at radius 1 is 1.00 bits per heavy atom. The van der Waals surface area contributed by atoms with E-state index >= 15 is 0 Å². The van der Waals surface area contributed by atoms with E-state index in [1.54, 1.807) is 24.3 Å². The Morgan fingerprint density at radius 2 is 1.65 bits per heavy atom. The number of ether oxygens (including phenoxy) is 1. The number of hydrogen-bond donors (Lipinski definition) is 0. The lowest BCUT2D eigenvalue weighted by Crippen LogP contribution is -2.23. The van der Waals surface area contributed by atoms with Crippen LogP contribution in [0.25, 0.3) is 0 Å². The Labute approximate surface area is 101 Å². The topological polar surface area (TPSA) is 43.4 Å². The van der Waals surface area contributed by atoms with Crippen LogP contribution in [0.1, 0.15) is 42.5 Å². The summed E-state index contributed by atoms with van der Waals surface area (Å²) < 4.78 is 4.90. The van der Waals surface area contributed by atoms with Crippen LogP contribution >= 0.6 is 0 Å². The summed E-state index contributed by atoms with van der Waals surface area (Å²) in [6, 6.07) is 8.62. The molecule has 2 rings (SSSR count). The molecule has 0 N–H and O–H groups in total. The molecule has 1 aromatic rings. The van der Waals surface area contributed by atoms with Gasteiger partial charge in [0.2, 0.25) is 0 Å². The fourth-order valence-electron chi connectivity index (χ4n) is 2.15. The normalized spacial score (nSPS) is 16.5. The van der Waals surface area contributed by atoms with E-state index < -0.39 is 5.97 Å². The van der Waals surface area contributed by atoms with Crippen LogP contribution in [-0.2, 0) is 9.53 Å². The smallest absolute Gasteiger partial charge is 0.345 e. The molecule has 0 heterocycles. The van der Waals surface area contributed by atoms with Crippen molar-refractivity contribution in [2.24, 2.45) is 5.92 Å². The van der Waals surface area contributed by atoms with E-state index in [4.69, 9.17) is 4.74 Å². The maximum absolute atomic E-state index is 11.7. The first-order chi connectivity index (χ1) is 8.27. The van der Waals surface area contributed by atoms with Crippen molar-refractivity contribution >= 4 is 11.9 Å². The highest BCUT2D eigenvalue weighted by atomic mass is 16.6. The molecule has 1 saturated carbocycles. The zero-order valence-corrected chi connectivity index (χ0v) is 9.72. The average Bonchev–Trinajstić information content (AvgIpc) is 2.40. The van der Waals surface area contributed by atoms with Gasteiger partial charge in [-0.3, -0.25) is 4.79 Å². The van der Waals surface area contributed by atoms with Crippen molar-refractivity contribution in [3.63, 3.8) is 0 Å². The van der Waals surface area contributed by atoms with Gasteiger partial charge in [-0.15, -0.1) is 0 Å². The van der Waals surface area contributed by atoms with Crippen LogP contribution in [0.2, 0.25) is 0 Å². The molecule has 0 aliphatic heterocycles. The monoisotopic (exact) mass is 232 g/mol. The number of rotatable bonds is 2. The van der Waals surface area contributed by atoms with Gasteiger partial charge in [-0.25, -0.2) is 4.79 Å². The van der Waals surface area contributed by atoms with Crippen LogP contribution < -0.4 is 0 Å². The van der Waals surface area contributed by atoms with Crippen LogP contribution in [-0.4, -0.2) is 11.9 Å². The van der Waals surface area contributed by atoms with Crippen molar-refractivity contribution in [3.05, 3.63) is 35.9 Å². The molecule has 1 aliphatic carbocycles. The minimum absolute atomic E-state index is 0.0867. The zero-order valence-electron chi connectivity index (χ0n) is 9.72. The standard InChI is InChI=1S/C14H16O3/c15-13(11-7-3-1-4-8-11)17-14(16)12-9-5-2-6-10-12/h1,3-4,7-8,12H,2,5-6,9-10H2. The third kappa shape index (κ3) is 3.16. The number of carbonyl (C=O) groups is 2. The molecule has 1 aromatic carbocycles. The van der Waals surface area contributed by atoms with E-state index in [1.165, 1.54) is 6.42 Å². The highest BCUT2D eigenvalue weighted by Gasteiger charge is 2.24. The second kappa shape index (κ2) is 5.62. The number of benzene rings is 1. The van der Waals surface area contributed by atoms with E-state index in [0.717, 1.165) is 25.7 Å². The molecule has 0 bridgehead atoms. The maximum atomic E-state index is 11.7. The first-order valence-corrected chi connectivity index (χ1v) is 6.08. The van der Waals surface area contributed by atoms with Gasteiger partial charge in [-0.1, -0.05) is 37.5 Å². The molecule has 3 nitrogen and oxygen atoms in total.